The Hall–Kier alpha value is -2.03. The quantitative estimate of drug-likeness (QED) is 0.668. The minimum atomic E-state index is -3.40. The third-order valence-electron chi connectivity index (χ3n) is 5.85. The SMILES string of the molecule is Cc1cc(C)c(=O)n([C@H](CNS(C)(=O)=O)CO[C@H]2CC[C@@H](c3cccc(F)c3)CC2)c1. The molecule has 0 amide bonds. The summed E-state index contributed by atoms with van der Waals surface area (Å²) in [5, 5.41) is 0. The normalized spacial score (nSPS) is 20.5. The second-order valence-electron chi connectivity index (χ2n) is 8.55. The van der Waals surface area contributed by atoms with E-state index >= 15 is 0 Å². The number of ether oxygens (including phenoxy) is 1. The molecule has 0 saturated heterocycles. The summed E-state index contributed by atoms with van der Waals surface area (Å²) >= 11 is 0. The van der Waals surface area contributed by atoms with Crippen LogP contribution in [0.2, 0.25) is 0 Å². The van der Waals surface area contributed by atoms with E-state index in [2.05, 4.69) is 4.72 Å². The maximum Gasteiger partial charge on any atom is 0.253 e. The van der Waals surface area contributed by atoms with E-state index in [1.807, 2.05) is 19.1 Å². The summed E-state index contributed by atoms with van der Waals surface area (Å²) in [5.41, 5.74) is 2.41. The van der Waals surface area contributed by atoms with Gasteiger partial charge in [-0.3, -0.25) is 4.79 Å². The molecule has 2 aromatic rings. The van der Waals surface area contributed by atoms with E-state index in [4.69, 9.17) is 4.74 Å². The molecule has 1 aromatic heterocycles. The molecule has 170 valence electrons. The average Bonchev–Trinajstić information content (AvgIpc) is 2.71. The molecule has 1 saturated carbocycles. The van der Waals surface area contributed by atoms with E-state index in [-0.39, 0.29) is 30.6 Å². The van der Waals surface area contributed by atoms with Crippen LogP contribution in [-0.2, 0) is 14.8 Å². The summed E-state index contributed by atoms with van der Waals surface area (Å²) in [6.45, 7) is 3.97. The Morgan fingerprint density at radius 2 is 1.90 bits per heavy atom. The van der Waals surface area contributed by atoms with Gasteiger partial charge in [0.15, 0.2) is 0 Å². The van der Waals surface area contributed by atoms with Crippen LogP contribution in [0.3, 0.4) is 0 Å². The number of halogens is 1. The molecule has 1 atom stereocenters. The summed E-state index contributed by atoms with van der Waals surface area (Å²) in [4.78, 5) is 12.7. The molecule has 0 spiro atoms. The lowest BCUT2D eigenvalue weighted by Crippen LogP contribution is -2.38. The number of aromatic nitrogens is 1. The van der Waals surface area contributed by atoms with Crippen LogP contribution in [0.15, 0.2) is 41.3 Å². The molecular weight excluding hydrogens is 419 g/mol. The molecule has 6 nitrogen and oxygen atoms in total. The van der Waals surface area contributed by atoms with Crippen molar-refractivity contribution < 1.29 is 17.5 Å². The predicted octanol–water partition coefficient (Wildman–Crippen LogP) is 3.44. The molecular formula is C23H31FN2O4S. The fourth-order valence-corrected chi connectivity index (χ4v) is 4.74. The monoisotopic (exact) mass is 450 g/mol. The summed E-state index contributed by atoms with van der Waals surface area (Å²) in [5.74, 6) is 0.108. The first-order chi connectivity index (χ1) is 14.6. The van der Waals surface area contributed by atoms with E-state index in [0.29, 0.717) is 11.5 Å². The highest BCUT2D eigenvalue weighted by atomic mass is 32.2. The zero-order valence-corrected chi connectivity index (χ0v) is 19.1. The molecule has 3 rings (SSSR count). The van der Waals surface area contributed by atoms with Crippen LogP contribution < -0.4 is 10.3 Å². The second kappa shape index (κ2) is 10.1. The molecule has 0 aliphatic heterocycles. The minimum Gasteiger partial charge on any atom is -0.376 e. The Bertz CT molecular complexity index is 1060. The van der Waals surface area contributed by atoms with Crippen LogP contribution >= 0.6 is 0 Å². The van der Waals surface area contributed by atoms with Gasteiger partial charge in [-0.2, -0.15) is 0 Å². The largest absolute Gasteiger partial charge is 0.376 e. The molecule has 1 aromatic carbocycles. The average molecular weight is 451 g/mol. The van der Waals surface area contributed by atoms with Crippen molar-refractivity contribution in [2.75, 3.05) is 19.4 Å². The number of nitrogens with one attached hydrogen (secondary N) is 1. The Balaban J connectivity index is 1.65. The number of sulfonamides is 1. The van der Waals surface area contributed by atoms with Gasteiger partial charge in [-0.15, -0.1) is 0 Å². The number of nitrogens with zero attached hydrogens (tertiary/aromatic N) is 1. The molecule has 1 aliphatic carbocycles. The van der Waals surface area contributed by atoms with Gasteiger partial charge >= 0.3 is 0 Å². The highest BCUT2D eigenvalue weighted by molar-refractivity contribution is 7.88. The Morgan fingerprint density at radius 3 is 2.55 bits per heavy atom. The first-order valence-electron chi connectivity index (χ1n) is 10.6. The number of benzene rings is 1. The first-order valence-corrected chi connectivity index (χ1v) is 12.5. The van der Waals surface area contributed by atoms with Gasteiger partial charge in [-0.1, -0.05) is 12.1 Å². The van der Waals surface area contributed by atoms with Crippen LogP contribution in [0.5, 0.6) is 0 Å². The van der Waals surface area contributed by atoms with Gasteiger partial charge in [0.25, 0.3) is 5.56 Å². The Morgan fingerprint density at radius 1 is 1.19 bits per heavy atom. The van der Waals surface area contributed by atoms with Crippen LogP contribution in [0, 0.1) is 19.7 Å². The molecule has 0 radical (unpaired) electrons. The minimum absolute atomic E-state index is 0.0344. The molecule has 31 heavy (non-hydrogen) atoms. The van der Waals surface area contributed by atoms with E-state index in [9.17, 15) is 17.6 Å². The van der Waals surface area contributed by atoms with Crippen molar-refractivity contribution in [3.8, 4) is 0 Å². The Kier molecular flexibility index (Phi) is 7.67. The van der Waals surface area contributed by atoms with E-state index in [1.165, 1.54) is 6.07 Å². The van der Waals surface area contributed by atoms with Crippen molar-refractivity contribution in [2.24, 2.45) is 0 Å². The topological polar surface area (TPSA) is 77.4 Å². The number of pyridine rings is 1. The lowest BCUT2D eigenvalue weighted by Gasteiger charge is -2.30. The zero-order valence-electron chi connectivity index (χ0n) is 18.3. The van der Waals surface area contributed by atoms with E-state index < -0.39 is 16.1 Å². The summed E-state index contributed by atoms with van der Waals surface area (Å²) in [7, 11) is -3.40. The molecule has 8 heteroatoms. The van der Waals surface area contributed by atoms with Gasteiger partial charge in [-0.05, 0) is 74.8 Å². The van der Waals surface area contributed by atoms with Crippen LogP contribution in [0.25, 0.3) is 0 Å². The third kappa shape index (κ3) is 6.72. The zero-order chi connectivity index (χ0) is 22.6. The fraction of sp³-hybridized carbons (Fsp3) is 0.522. The lowest BCUT2D eigenvalue weighted by molar-refractivity contribution is 0.00731. The van der Waals surface area contributed by atoms with E-state index in [1.54, 1.807) is 29.8 Å². The van der Waals surface area contributed by atoms with Gasteiger partial charge < -0.3 is 9.30 Å². The van der Waals surface area contributed by atoms with Crippen LogP contribution in [0.4, 0.5) is 4.39 Å². The van der Waals surface area contributed by atoms with E-state index in [0.717, 1.165) is 43.1 Å². The molecule has 1 N–H and O–H groups in total. The molecule has 0 bridgehead atoms. The van der Waals surface area contributed by atoms with Crippen molar-refractivity contribution in [1.29, 1.82) is 0 Å². The highest BCUT2D eigenvalue weighted by Crippen LogP contribution is 2.34. The van der Waals surface area contributed by atoms with Crippen molar-refractivity contribution in [1.82, 2.24) is 9.29 Å². The number of hydrogen-bond acceptors (Lipinski definition) is 4. The Labute approximate surface area is 183 Å². The summed E-state index contributed by atoms with van der Waals surface area (Å²) in [6, 6.07) is 8.14. The summed E-state index contributed by atoms with van der Waals surface area (Å²) < 4.78 is 47.0. The first kappa shape index (κ1) is 23.6. The van der Waals surface area contributed by atoms with Crippen LogP contribution in [0.1, 0.15) is 54.3 Å². The summed E-state index contributed by atoms with van der Waals surface area (Å²) in [6.07, 6.45) is 6.38. The molecule has 1 aliphatic rings. The van der Waals surface area contributed by atoms with Crippen molar-refractivity contribution in [3.05, 3.63) is 69.4 Å². The van der Waals surface area contributed by atoms with Crippen molar-refractivity contribution in [2.45, 2.75) is 57.6 Å². The van der Waals surface area contributed by atoms with Crippen LogP contribution in [-0.4, -0.2) is 38.5 Å². The number of aryl methyl sites for hydroxylation is 2. The van der Waals surface area contributed by atoms with Gasteiger partial charge in [0.05, 0.1) is 25.0 Å². The lowest BCUT2D eigenvalue weighted by atomic mass is 9.83. The molecule has 1 fully saturated rings. The third-order valence-corrected chi connectivity index (χ3v) is 6.54. The molecule has 1 heterocycles. The van der Waals surface area contributed by atoms with Gasteiger partial charge in [0, 0.05) is 18.3 Å². The number of rotatable bonds is 8. The predicted molar refractivity (Wildman–Crippen MR) is 119 cm³/mol. The standard InChI is InChI=1S/C23H31FN2O4S/c1-16-11-17(2)23(27)26(14-16)21(13-25-31(3,28)29)15-30-22-9-7-18(8-10-22)19-5-4-6-20(24)12-19/h4-6,11-12,14,18,21-22,25H,7-10,13,15H2,1-3H3/t18-,21-,22+/m1/s1. The maximum atomic E-state index is 13.5. The fourth-order valence-electron chi connectivity index (χ4n) is 4.25. The van der Waals surface area contributed by atoms with Gasteiger partial charge in [-0.25, -0.2) is 17.5 Å². The van der Waals surface area contributed by atoms with Gasteiger partial charge in [0.2, 0.25) is 10.0 Å². The molecule has 0 unspecified atom stereocenters. The second-order valence-corrected chi connectivity index (χ2v) is 10.4. The number of hydrogen-bond donors (Lipinski definition) is 1. The van der Waals surface area contributed by atoms with Gasteiger partial charge in [0.1, 0.15) is 5.82 Å². The van der Waals surface area contributed by atoms with Crippen molar-refractivity contribution >= 4 is 10.0 Å². The highest BCUT2D eigenvalue weighted by Gasteiger charge is 2.25. The maximum absolute atomic E-state index is 13.5. The smallest absolute Gasteiger partial charge is 0.253 e. The van der Waals surface area contributed by atoms with Crippen molar-refractivity contribution in [3.63, 3.8) is 0 Å².